The van der Waals surface area contributed by atoms with E-state index >= 15 is 0 Å². The largest absolute Gasteiger partial charge is 0.490 e. The molecule has 1 fully saturated rings. The summed E-state index contributed by atoms with van der Waals surface area (Å²) in [6.45, 7) is 0. The fourth-order valence-corrected chi connectivity index (χ4v) is 3.10. The Balaban J connectivity index is 1.66. The smallest absolute Gasteiger partial charge is 0.246 e. The van der Waals surface area contributed by atoms with Gasteiger partial charge in [0.05, 0.1) is 12.3 Å². The van der Waals surface area contributed by atoms with Crippen molar-refractivity contribution in [1.82, 2.24) is 15.1 Å². The summed E-state index contributed by atoms with van der Waals surface area (Å²) < 4.78 is 7.68. The predicted octanol–water partition coefficient (Wildman–Crippen LogP) is 2.64. The van der Waals surface area contributed by atoms with Gasteiger partial charge in [-0.2, -0.15) is 5.10 Å². The average molecular weight is 328 g/mol. The topological polar surface area (TPSA) is 68.2 Å². The number of amides is 1. The van der Waals surface area contributed by atoms with E-state index in [4.69, 9.17) is 4.74 Å². The van der Waals surface area contributed by atoms with Crippen molar-refractivity contribution >= 4 is 11.6 Å². The number of hydrogen-bond donors (Lipinski definition) is 2. The van der Waals surface area contributed by atoms with E-state index in [1.165, 1.54) is 12.8 Å². The number of aromatic nitrogens is 2. The van der Waals surface area contributed by atoms with Crippen LogP contribution in [0.5, 0.6) is 5.75 Å². The molecule has 1 aliphatic carbocycles. The summed E-state index contributed by atoms with van der Waals surface area (Å²) >= 11 is 0. The number of aryl methyl sites for hydroxylation is 1. The van der Waals surface area contributed by atoms with Crippen molar-refractivity contribution in [2.75, 3.05) is 12.4 Å². The second kappa shape index (κ2) is 7.49. The van der Waals surface area contributed by atoms with E-state index in [1.54, 1.807) is 17.9 Å². The Morgan fingerprint density at radius 1 is 1.38 bits per heavy atom. The van der Waals surface area contributed by atoms with Crippen molar-refractivity contribution in [2.24, 2.45) is 7.05 Å². The monoisotopic (exact) mass is 328 g/mol. The second-order valence-corrected chi connectivity index (χ2v) is 6.21. The number of ether oxygens (including phenoxy) is 1. The van der Waals surface area contributed by atoms with Gasteiger partial charge >= 0.3 is 0 Å². The number of hydrogen-bond acceptors (Lipinski definition) is 4. The van der Waals surface area contributed by atoms with E-state index in [0.717, 1.165) is 29.8 Å². The average Bonchev–Trinajstić information content (AvgIpc) is 3.20. The third kappa shape index (κ3) is 3.94. The number of benzene rings is 1. The highest BCUT2D eigenvalue weighted by Gasteiger charge is 2.21. The van der Waals surface area contributed by atoms with Gasteiger partial charge in [0.25, 0.3) is 0 Å². The molecule has 0 aliphatic heterocycles. The van der Waals surface area contributed by atoms with Gasteiger partial charge in [-0.1, -0.05) is 6.07 Å². The molecule has 3 rings (SSSR count). The first-order chi connectivity index (χ1) is 11.7. The first kappa shape index (κ1) is 16.5. The van der Waals surface area contributed by atoms with Crippen LogP contribution in [0.15, 0.2) is 36.7 Å². The van der Waals surface area contributed by atoms with E-state index in [0.29, 0.717) is 6.10 Å². The van der Waals surface area contributed by atoms with E-state index in [-0.39, 0.29) is 5.91 Å². The molecule has 2 aromatic rings. The molecular formula is C18H24N4O2. The molecule has 6 heteroatoms. The summed E-state index contributed by atoms with van der Waals surface area (Å²) in [5.41, 5.74) is 1.57. The first-order valence-corrected chi connectivity index (χ1v) is 8.39. The van der Waals surface area contributed by atoms with Crippen LogP contribution < -0.4 is 15.4 Å². The predicted molar refractivity (Wildman–Crippen MR) is 93.0 cm³/mol. The lowest BCUT2D eigenvalue weighted by atomic mass is 10.1. The van der Waals surface area contributed by atoms with Crippen LogP contribution in [-0.4, -0.2) is 28.8 Å². The van der Waals surface area contributed by atoms with Crippen LogP contribution in [0.1, 0.15) is 37.3 Å². The molecule has 1 unspecified atom stereocenters. The molecule has 0 spiro atoms. The number of anilines is 1. The maximum Gasteiger partial charge on any atom is 0.246 e. The lowest BCUT2D eigenvalue weighted by Gasteiger charge is -2.16. The van der Waals surface area contributed by atoms with Gasteiger partial charge in [-0.05, 0) is 44.9 Å². The maximum absolute atomic E-state index is 12.6. The van der Waals surface area contributed by atoms with Gasteiger partial charge in [0, 0.05) is 30.6 Å². The van der Waals surface area contributed by atoms with Crippen LogP contribution in [-0.2, 0) is 11.8 Å². The Hall–Kier alpha value is -2.34. The lowest BCUT2D eigenvalue weighted by molar-refractivity contribution is -0.118. The zero-order chi connectivity index (χ0) is 16.9. The number of nitrogens with zero attached hydrogens (tertiary/aromatic N) is 2. The molecule has 1 heterocycles. The molecule has 1 amide bonds. The number of carbonyl (C=O) groups is 1. The van der Waals surface area contributed by atoms with Crippen LogP contribution in [0.25, 0.3) is 0 Å². The van der Waals surface area contributed by atoms with Crippen molar-refractivity contribution in [1.29, 1.82) is 0 Å². The van der Waals surface area contributed by atoms with E-state index < -0.39 is 6.04 Å². The summed E-state index contributed by atoms with van der Waals surface area (Å²) in [4.78, 5) is 12.6. The maximum atomic E-state index is 12.6. The van der Waals surface area contributed by atoms with E-state index in [1.807, 2.05) is 37.5 Å². The van der Waals surface area contributed by atoms with E-state index in [9.17, 15) is 4.79 Å². The summed E-state index contributed by atoms with van der Waals surface area (Å²) in [5, 5.41) is 10.1. The Morgan fingerprint density at radius 3 is 2.83 bits per heavy atom. The SMILES string of the molecule is CNC(C(=O)Nc1cccc(OC2CCCC2)c1)c1cnn(C)c1. The molecule has 6 nitrogen and oxygen atoms in total. The van der Waals surface area contributed by atoms with Crippen LogP contribution in [0.4, 0.5) is 5.69 Å². The highest BCUT2D eigenvalue weighted by atomic mass is 16.5. The number of rotatable bonds is 6. The standard InChI is InChI=1S/C18H24N4O2/c1-19-17(13-11-20-22(2)12-13)18(23)21-14-6-5-9-16(10-14)24-15-7-3-4-8-15/h5-6,9-12,15,17,19H,3-4,7-8H2,1-2H3,(H,21,23). The van der Waals surface area contributed by atoms with Crippen molar-refractivity contribution in [2.45, 2.75) is 37.8 Å². The van der Waals surface area contributed by atoms with Crippen molar-refractivity contribution in [3.63, 3.8) is 0 Å². The molecule has 0 bridgehead atoms. The fraction of sp³-hybridized carbons (Fsp3) is 0.444. The minimum atomic E-state index is -0.446. The summed E-state index contributed by atoms with van der Waals surface area (Å²) in [7, 11) is 3.59. The van der Waals surface area contributed by atoms with Gasteiger partial charge in [0.15, 0.2) is 0 Å². The Bertz CT molecular complexity index is 692. The minimum Gasteiger partial charge on any atom is -0.490 e. The van der Waals surface area contributed by atoms with Crippen LogP contribution >= 0.6 is 0 Å². The molecule has 2 N–H and O–H groups in total. The van der Waals surface area contributed by atoms with Crippen molar-refractivity contribution in [3.8, 4) is 5.75 Å². The molecule has 128 valence electrons. The van der Waals surface area contributed by atoms with Gasteiger partial charge in [0.2, 0.25) is 5.91 Å². The molecule has 0 saturated heterocycles. The first-order valence-electron chi connectivity index (χ1n) is 8.39. The quantitative estimate of drug-likeness (QED) is 0.855. The summed E-state index contributed by atoms with van der Waals surface area (Å²) in [6, 6.07) is 7.14. The van der Waals surface area contributed by atoms with Crippen LogP contribution in [0.2, 0.25) is 0 Å². The van der Waals surface area contributed by atoms with Crippen molar-refractivity contribution in [3.05, 3.63) is 42.2 Å². The molecule has 1 saturated carbocycles. The van der Waals surface area contributed by atoms with Gasteiger partial charge in [-0.3, -0.25) is 9.48 Å². The third-order valence-corrected chi connectivity index (χ3v) is 4.32. The summed E-state index contributed by atoms with van der Waals surface area (Å²) in [6.07, 6.45) is 8.52. The van der Waals surface area contributed by atoms with E-state index in [2.05, 4.69) is 15.7 Å². The minimum absolute atomic E-state index is 0.122. The molecule has 1 aliphatic rings. The second-order valence-electron chi connectivity index (χ2n) is 6.21. The van der Waals surface area contributed by atoms with Gasteiger partial charge < -0.3 is 15.4 Å². The molecule has 0 radical (unpaired) electrons. The van der Waals surface area contributed by atoms with Gasteiger partial charge in [-0.15, -0.1) is 0 Å². The Morgan fingerprint density at radius 2 is 2.17 bits per heavy atom. The van der Waals surface area contributed by atoms with Crippen LogP contribution in [0.3, 0.4) is 0 Å². The molecule has 1 aromatic heterocycles. The Kier molecular flexibility index (Phi) is 5.15. The lowest BCUT2D eigenvalue weighted by Crippen LogP contribution is -2.30. The number of nitrogens with one attached hydrogen (secondary N) is 2. The molecule has 1 atom stereocenters. The number of carbonyl (C=O) groups excluding carboxylic acids is 1. The molecule has 1 aromatic carbocycles. The molecule has 24 heavy (non-hydrogen) atoms. The normalized spacial score (nSPS) is 16.1. The Labute approximate surface area is 142 Å². The number of likely N-dealkylation sites (N-methyl/N-ethyl adjacent to an activating group) is 1. The van der Waals surface area contributed by atoms with Crippen LogP contribution in [0, 0.1) is 0 Å². The summed E-state index contributed by atoms with van der Waals surface area (Å²) in [5.74, 6) is 0.686. The molecular weight excluding hydrogens is 304 g/mol. The fourth-order valence-electron chi connectivity index (χ4n) is 3.10. The zero-order valence-electron chi connectivity index (χ0n) is 14.2. The highest BCUT2D eigenvalue weighted by molar-refractivity contribution is 5.95. The van der Waals surface area contributed by atoms with Gasteiger partial charge in [0.1, 0.15) is 11.8 Å². The van der Waals surface area contributed by atoms with Crippen molar-refractivity contribution < 1.29 is 9.53 Å². The zero-order valence-corrected chi connectivity index (χ0v) is 14.2. The third-order valence-electron chi connectivity index (χ3n) is 4.32. The van der Waals surface area contributed by atoms with Gasteiger partial charge in [-0.25, -0.2) is 0 Å². The highest BCUT2D eigenvalue weighted by Crippen LogP contribution is 2.26.